The van der Waals surface area contributed by atoms with Crippen LogP contribution in [0.3, 0.4) is 0 Å². The molecule has 13 heavy (non-hydrogen) atoms. The van der Waals surface area contributed by atoms with Gasteiger partial charge >= 0.3 is 5.97 Å². The standard InChI is InChI=1S/C7H9N3O3/c8-6(7(12)13)2-1-5(4-11)3-10-9/h3,6H,1-2,8H2,(H,12,13)/t6-/m0/s1. The van der Waals surface area contributed by atoms with Crippen LogP contribution in [-0.2, 0) is 9.59 Å². The SMILES string of the molecule is [N-]=[N+]=CC(=C=O)CC[C@H](N)C(=O)O. The number of nitrogens with zero attached hydrogens (tertiary/aromatic N) is 2. The minimum absolute atomic E-state index is 0.0826. The fraction of sp³-hybridized carbons (Fsp3) is 0.429. The summed E-state index contributed by atoms with van der Waals surface area (Å²) in [4.78, 5) is 23.0. The average molecular weight is 183 g/mol. The molecule has 6 heteroatoms. The van der Waals surface area contributed by atoms with E-state index in [1.165, 1.54) is 5.94 Å². The highest BCUT2D eigenvalue weighted by atomic mass is 16.4. The van der Waals surface area contributed by atoms with E-state index in [0.29, 0.717) is 0 Å². The van der Waals surface area contributed by atoms with Crippen LogP contribution in [0.2, 0.25) is 0 Å². The predicted octanol–water partition coefficient (Wildman–Crippen LogP) is -0.763. The second-order valence-electron chi connectivity index (χ2n) is 2.36. The van der Waals surface area contributed by atoms with Crippen molar-refractivity contribution in [2.75, 3.05) is 0 Å². The fourth-order valence-electron chi connectivity index (χ4n) is 0.646. The number of carboxylic acid groups (broad SMARTS) is 1. The molecule has 0 rings (SSSR count). The summed E-state index contributed by atoms with van der Waals surface area (Å²) < 4.78 is 0. The number of carbonyl (C=O) groups is 1. The van der Waals surface area contributed by atoms with Crippen LogP contribution in [-0.4, -0.2) is 34.1 Å². The van der Waals surface area contributed by atoms with Crippen molar-refractivity contribution in [3.05, 3.63) is 11.1 Å². The van der Waals surface area contributed by atoms with Crippen LogP contribution in [0.4, 0.5) is 0 Å². The topological polar surface area (TPSA) is 117 Å². The molecule has 0 unspecified atom stereocenters. The molecule has 0 bridgehead atoms. The van der Waals surface area contributed by atoms with E-state index in [2.05, 4.69) is 4.79 Å². The van der Waals surface area contributed by atoms with Gasteiger partial charge in [-0.3, -0.25) is 4.79 Å². The molecule has 0 aromatic carbocycles. The number of nitrogens with two attached hydrogens (primary N) is 1. The Labute approximate surface area is 74.3 Å². The van der Waals surface area contributed by atoms with Crippen molar-refractivity contribution in [3.8, 4) is 0 Å². The van der Waals surface area contributed by atoms with E-state index in [0.717, 1.165) is 6.21 Å². The molecule has 0 amide bonds. The Morgan fingerprint density at radius 1 is 1.77 bits per heavy atom. The van der Waals surface area contributed by atoms with E-state index < -0.39 is 12.0 Å². The lowest BCUT2D eigenvalue weighted by Gasteiger charge is -2.02. The van der Waals surface area contributed by atoms with Crippen molar-refractivity contribution in [3.63, 3.8) is 0 Å². The van der Waals surface area contributed by atoms with Crippen molar-refractivity contribution in [1.82, 2.24) is 0 Å². The second-order valence-corrected chi connectivity index (χ2v) is 2.36. The first-order valence-corrected chi connectivity index (χ1v) is 3.51. The largest absolute Gasteiger partial charge is 0.480 e. The van der Waals surface area contributed by atoms with Crippen LogP contribution in [0.1, 0.15) is 12.8 Å². The number of hydrogen-bond donors (Lipinski definition) is 2. The Morgan fingerprint density at radius 3 is 2.77 bits per heavy atom. The molecule has 0 heterocycles. The van der Waals surface area contributed by atoms with Gasteiger partial charge in [0.2, 0.25) is 0 Å². The molecule has 0 aliphatic carbocycles. The van der Waals surface area contributed by atoms with Gasteiger partial charge in [0.1, 0.15) is 17.6 Å². The molecular formula is C7H9N3O3. The molecule has 0 spiro atoms. The van der Waals surface area contributed by atoms with E-state index in [9.17, 15) is 9.59 Å². The molecule has 0 radical (unpaired) electrons. The van der Waals surface area contributed by atoms with Gasteiger partial charge in [-0.25, -0.2) is 4.79 Å². The maximum Gasteiger partial charge on any atom is 0.320 e. The molecule has 0 saturated carbocycles. The third-order valence-corrected chi connectivity index (χ3v) is 1.39. The van der Waals surface area contributed by atoms with Gasteiger partial charge in [0.05, 0.1) is 0 Å². The summed E-state index contributed by atoms with van der Waals surface area (Å²) in [6.07, 6.45) is 1.13. The summed E-state index contributed by atoms with van der Waals surface area (Å²) >= 11 is 0. The number of carboxylic acids is 1. The Bertz CT molecular complexity index is 287. The van der Waals surface area contributed by atoms with Gasteiger partial charge < -0.3 is 16.4 Å². The molecule has 70 valence electrons. The minimum atomic E-state index is -1.13. The first-order valence-electron chi connectivity index (χ1n) is 3.51. The third-order valence-electron chi connectivity index (χ3n) is 1.39. The van der Waals surface area contributed by atoms with Crippen LogP contribution in [0.5, 0.6) is 0 Å². The highest BCUT2D eigenvalue weighted by molar-refractivity contribution is 5.85. The summed E-state index contributed by atoms with van der Waals surface area (Å²) in [6.45, 7) is 0. The van der Waals surface area contributed by atoms with Crippen molar-refractivity contribution in [1.29, 1.82) is 0 Å². The van der Waals surface area contributed by atoms with Crippen LogP contribution in [0, 0.1) is 0 Å². The second kappa shape index (κ2) is 5.85. The Kier molecular flexibility index (Phi) is 5.07. The van der Waals surface area contributed by atoms with Crippen LogP contribution in [0.25, 0.3) is 5.53 Å². The van der Waals surface area contributed by atoms with Crippen LogP contribution in [0.15, 0.2) is 5.57 Å². The molecule has 0 aliphatic rings. The van der Waals surface area contributed by atoms with E-state index in [1.54, 1.807) is 0 Å². The summed E-state index contributed by atoms with van der Waals surface area (Å²) in [7, 11) is 0. The van der Waals surface area contributed by atoms with Crippen LogP contribution < -0.4 is 5.73 Å². The highest BCUT2D eigenvalue weighted by Crippen LogP contribution is 2.00. The monoisotopic (exact) mass is 183 g/mol. The molecule has 3 N–H and O–H groups in total. The van der Waals surface area contributed by atoms with E-state index in [4.69, 9.17) is 16.4 Å². The van der Waals surface area contributed by atoms with E-state index >= 15 is 0 Å². The number of aliphatic carboxylic acids is 1. The van der Waals surface area contributed by atoms with Crippen molar-refractivity contribution in [2.24, 2.45) is 5.73 Å². The summed E-state index contributed by atoms with van der Waals surface area (Å²) in [5.74, 6) is 0.373. The van der Waals surface area contributed by atoms with E-state index in [1.807, 2.05) is 0 Å². The molecule has 0 fully saturated rings. The molecule has 0 aromatic heterocycles. The maximum atomic E-state index is 10.2. The van der Waals surface area contributed by atoms with Gasteiger partial charge in [0, 0.05) is 0 Å². The maximum absolute atomic E-state index is 10.2. The molecule has 0 saturated heterocycles. The first kappa shape index (κ1) is 11.3. The smallest absolute Gasteiger partial charge is 0.320 e. The normalized spacial score (nSPS) is 10.8. The van der Waals surface area contributed by atoms with Gasteiger partial charge in [-0.2, -0.15) is 4.79 Å². The summed E-state index contributed by atoms with van der Waals surface area (Å²) in [6, 6.07) is -1.02. The third kappa shape index (κ3) is 4.66. The minimum Gasteiger partial charge on any atom is -0.480 e. The van der Waals surface area contributed by atoms with Gasteiger partial charge in [0.15, 0.2) is 0 Å². The van der Waals surface area contributed by atoms with Gasteiger partial charge in [0.25, 0.3) is 6.21 Å². The molecule has 6 nitrogen and oxygen atoms in total. The van der Waals surface area contributed by atoms with Crippen LogP contribution >= 0.6 is 0 Å². The molecular weight excluding hydrogens is 174 g/mol. The zero-order valence-electron chi connectivity index (χ0n) is 6.80. The average Bonchev–Trinajstić information content (AvgIpc) is 2.11. The number of allylic oxidation sites excluding steroid dienone is 1. The molecule has 0 aromatic rings. The lowest BCUT2D eigenvalue weighted by atomic mass is 10.1. The highest BCUT2D eigenvalue weighted by Gasteiger charge is 2.12. The summed E-state index contributed by atoms with van der Waals surface area (Å²) in [5, 5.41) is 8.38. The van der Waals surface area contributed by atoms with Gasteiger partial charge in [-0.1, -0.05) is 0 Å². The quantitative estimate of drug-likeness (QED) is 0.252. The van der Waals surface area contributed by atoms with Gasteiger partial charge in [-0.15, -0.1) is 0 Å². The zero-order chi connectivity index (χ0) is 10.3. The van der Waals surface area contributed by atoms with Crippen molar-refractivity contribution >= 4 is 18.1 Å². The van der Waals surface area contributed by atoms with Crippen molar-refractivity contribution in [2.45, 2.75) is 18.9 Å². The zero-order valence-corrected chi connectivity index (χ0v) is 6.80. The Balaban J connectivity index is 4.08. The number of carbonyl (C=O) groups excluding carboxylic acids is 1. The molecule has 1 atom stereocenters. The number of rotatable bonds is 5. The predicted molar refractivity (Wildman–Crippen MR) is 43.7 cm³/mol. The first-order chi connectivity index (χ1) is 6.11. The molecule has 0 aliphatic heterocycles. The van der Waals surface area contributed by atoms with Crippen molar-refractivity contribution < 1.29 is 19.5 Å². The lowest BCUT2D eigenvalue weighted by Crippen LogP contribution is -2.29. The lowest BCUT2D eigenvalue weighted by molar-refractivity contribution is -0.138. The fourth-order valence-corrected chi connectivity index (χ4v) is 0.646. The Hall–Kier alpha value is -1.74. The van der Waals surface area contributed by atoms with Gasteiger partial charge in [-0.05, 0) is 12.8 Å². The summed E-state index contributed by atoms with van der Waals surface area (Å²) in [5.41, 5.74) is 13.3. The Morgan fingerprint density at radius 2 is 2.38 bits per heavy atom. The van der Waals surface area contributed by atoms with E-state index in [-0.39, 0.29) is 18.4 Å². The number of hydrogen-bond acceptors (Lipinski definition) is 3.